The first kappa shape index (κ1) is 17.2. The molecule has 4 rings (SSSR count). The highest BCUT2D eigenvalue weighted by atomic mass is 16.5. The third kappa shape index (κ3) is 3.80. The van der Waals surface area contributed by atoms with Crippen molar-refractivity contribution in [3.8, 4) is 0 Å². The van der Waals surface area contributed by atoms with Crippen LogP contribution in [0.25, 0.3) is 0 Å². The van der Waals surface area contributed by atoms with Gasteiger partial charge >= 0.3 is 0 Å². The number of hydrogen-bond donors (Lipinski definition) is 0. The van der Waals surface area contributed by atoms with Gasteiger partial charge in [-0.2, -0.15) is 4.98 Å². The zero-order valence-electron chi connectivity index (χ0n) is 15.0. The molecule has 0 saturated carbocycles. The van der Waals surface area contributed by atoms with Crippen LogP contribution in [0.1, 0.15) is 59.6 Å². The molecule has 1 atom stereocenters. The summed E-state index contributed by atoms with van der Waals surface area (Å²) in [6, 6.07) is 1.69. The van der Waals surface area contributed by atoms with Crippen molar-refractivity contribution in [1.29, 1.82) is 0 Å². The smallest absolute Gasteiger partial charge is 0.276 e. The molecular weight excluding hydrogens is 336 g/mol. The lowest BCUT2D eigenvalue weighted by molar-refractivity contribution is 0.0775. The summed E-state index contributed by atoms with van der Waals surface area (Å²) in [6.45, 7) is 4.82. The Balaban J connectivity index is 1.27. The Morgan fingerprint density at radius 3 is 2.85 bits per heavy atom. The van der Waals surface area contributed by atoms with Crippen molar-refractivity contribution >= 4 is 5.91 Å². The second-order valence-electron chi connectivity index (χ2n) is 7.20. The Labute approximate surface area is 151 Å². The van der Waals surface area contributed by atoms with E-state index in [-0.39, 0.29) is 5.91 Å². The minimum absolute atomic E-state index is 0.0503. The van der Waals surface area contributed by atoms with Gasteiger partial charge in [-0.25, -0.2) is 0 Å². The Kier molecular flexibility index (Phi) is 5.01. The number of nitrogens with zero attached hydrogens (tertiary/aromatic N) is 4. The van der Waals surface area contributed by atoms with Gasteiger partial charge in [0.25, 0.3) is 5.91 Å². The maximum atomic E-state index is 12.4. The summed E-state index contributed by atoms with van der Waals surface area (Å²) in [4.78, 5) is 18.8. The van der Waals surface area contributed by atoms with Crippen LogP contribution in [-0.4, -0.2) is 52.4 Å². The van der Waals surface area contributed by atoms with Gasteiger partial charge in [0.05, 0.1) is 0 Å². The molecule has 2 saturated heterocycles. The molecule has 0 aliphatic carbocycles. The topological polar surface area (TPSA) is 94.5 Å². The molecule has 2 aromatic heterocycles. The third-order valence-electron chi connectivity index (χ3n) is 5.25. The Hall–Kier alpha value is -2.22. The van der Waals surface area contributed by atoms with Crippen LogP contribution in [0.15, 0.2) is 15.1 Å². The van der Waals surface area contributed by atoms with E-state index in [4.69, 9.17) is 13.8 Å². The normalized spacial score (nSPS) is 21.4. The minimum atomic E-state index is -0.0503. The lowest BCUT2D eigenvalue weighted by Crippen LogP contribution is -2.29. The summed E-state index contributed by atoms with van der Waals surface area (Å²) in [6.07, 6.45) is 4.62. The van der Waals surface area contributed by atoms with Crippen LogP contribution in [0.5, 0.6) is 0 Å². The van der Waals surface area contributed by atoms with Crippen LogP contribution in [0.3, 0.4) is 0 Å². The van der Waals surface area contributed by atoms with Crippen LogP contribution >= 0.6 is 0 Å². The predicted molar refractivity (Wildman–Crippen MR) is 90.7 cm³/mol. The van der Waals surface area contributed by atoms with Crippen molar-refractivity contribution in [2.75, 3.05) is 26.3 Å². The minimum Gasteiger partial charge on any atom is -0.381 e. The quantitative estimate of drug-likeness (QED) is 0.808. The van der Waals surface area contributed by atoms with E-state index >= 15 is 0 Å². The molecule has 140 valence electrons. The Morgan fingerprint density at radius 2 is 2.08 bits per heavy atom. The van der Waals surface area contributed by atoms with Gasteiger partial charge in [0, 0.05) is 44.7 Å². The maximum absolute atomic E-state index is 12.4. The van der Waals surface area contributed by atoms with Gasteiger partial charge in [-0.05, 0) is 38.5 Å². The van der Waals surface area contributed by atoms with Crippen LogP contribution < -0.4 is 0 Å². The monoisotopic (exact) mass is 360 g/mol. The third-order valence-corrected chi connectivity index (χ3v) is 5.25. The van der Waals surface area contributed by atoms with Gasteiger partial charge in [-0.15, -0.1) is 0 Å². The molecule has 2 aromatic rings. The first-order valence-electron chi connectivity index (χ1n) is 9.32. The Morgan fingerprint density at radius 1 is 1.23 bits per heavy atom. The van der Waals surface area contributed by atoms with Crippen LogP contribution in [0.4, 0.5) is 0 Å². The largest absolute Gasteiger partial charge is 0.381 e. The van der Waals surface area contributed by atoms with Crippen molar-refractivity contribution in [1.82, 2.24) is 20.2 Å². The molecule has 8 heteroatoms. The zero-order valence-corrected chi connectivity index (χ0v) is 15.0. The number of carbonyl (C=O) groups is 1. The highest BCUT2D eigenvalue weighted by molar-refractivity contribution is 5.92. The molecule has 0 bridgehead atoms. The fraction of sp³-hybridized carbons (Fsp3) is 0.667. The van der Waals surface area contributed by atoms with Crippen molar-refractivity contribution < 1.29 is 18.6 Å². The zero-order chi connectivity index (χ0) is 17.9. The van der Waals surface area contributed by atoms with E-state index in [1.165, 1.54) is 0 Å². The summed E-state index contributed by atoms with van der Waals surface area (Å²) in [7, 11) is 0. The van der Waals surface area contributed by atoms with Gasteiger partial charge in [-0.3, -0.25) is 4.79 Å². The van der Waals surface area contributed by atoms with Crippen LogP contribution in [0.2, 0.25) is 0 Å². The van der Waals surface area contributed by atoms with Gasteiger partial charge in [0.1, 0.15) is 5.76 Å². The predicted octanol–water partition coefficient (Wildman–Crippen LogP) is 2.35. The first-order chi connectivity index (χ1) is 12.7. The highest BCUT2D eigenvalue weighted by Gasteiger charge is 2.29. The van der Waals surface area contributed by atoms with Crippen LogP contribution in [-0.2, 0) is 11.2 Å². The molecule has 1 amide bonds. The van der Waals surface area contributed by atoms with E-state index in [1.54, 1.807) is 13.0 Å². The van der Waals surface area contributed by atoms with Gasteiger partial charge < -0.3 is 18.7 Å². The molecule has 0 aromatic carbocycles. The number of aryl methyl sites for hydroxylation is 2. The fourth-order valence-corrected chi connectivity index (χ4v) is 3.69. The maximum Gasteiger partial charge on any atom is 0.276 e. The summed E-state index contributed by atoms with van der Waals surface area (Å²) in [5.41, 5.74) is 0.391. The lowest BCUT2D eigenvalue weighted by atomic mass is 10.0. The van der Waals surface area contributed by atoms with Gasteiger partial charge in [0.15, 0.2) is 11.5 Å². The number of hydrogen-bond acceptors (Lipinski definition) is 7. The van der Waals surface area contributed by atoms with Crippen molar-refractivity contribution in [3.63, 3.8) is 0 Å². The van der Waals surface area contributed by atoms with Gasteiger partial charge in [0.2, 0.25) is 5.89 Å². The Bertz CT molecular complexity index is 750. The molecule has 2 aliphatic rings. The highest BCUT2D eigenvalue weighted by Crippen LogP contribution is 2.26. The molecule has 1 unspecified atom stereocenters. The number of aromatic nitrogens is 3. The van der Waals surface area contributed by atoms with Crippen molar-refractivity contribution in [2.45, 2.75) is 44.9 Å². The molecule has 8 nitrogen and oxygen atoms in total. The van der Waals surface area contributed by atoms with Crippen LogP contribution in [0, 0.1) is 12.8 Å². The molecule has 0 radical (unpaired) electrons. The number of carbonyl (C=O) groups excluding carboxylic acids is 1. The first-order valence-corrected chi connectivity index (χ1v) is 9.32. The second kappa shape index (κ2) is 7.57. The van der Waals surface area contributed by atoms with E-state index in [2.05, 4.69) is 15.3 Å². The molecule has 0 N–H and O–H groups in total. The van der Waals surface area contributed by atoms with E-state index in [0.717, 1.165) is 70.1 Å². The lowest BCUT2D eigenvalue weighted by Gasteiger charge is -2.17. The standard InChI is InChI=1S/C18H24N4O4/c1-12-10-15(20-25-12)18(23)22-7-4-13(11-22)2-3-16-19-17(26-21-16)14-5-8-24-9-6-14/h10,13-14H,2-9,11H2,1H3. The molecule has 26 heavy (non-hydrogen) atoms. The van der Waals surface area contributed by atoms with Gasteiger partial charge in [-0.1, -0.05) is 10.3 Å². The number of rotatable bonds is 5. The average molecular weight is 360 g/mol. The second-order valence-corrected chi connectivity index (χ2v) is 7.20. The number of ether oxygens (including phenoxy) is 1. The molecule has 2 aliphatic heterocycles. The van der Waals surface area contributed by atoms with E-state index < -0.39 is 0 Å². The summed E-state index contributed by atoms with van der Waals surface area (Å²) in [5.74, 6) is 2.90. The van der Waals surface area contributed by atoms with E-state index in [0.29, 0.717) is 23.3 Å². The number of likely N-dealkylation sites (tertiary alicyclic amines) is 1. The summed E-state index contributed by atoms with van der Waals surface area (Å²) < 4.78 is 15.8. The average Bonchev–Trinajstić information content (AvgIpc) is 3.41. The van der Waals surface area contributed by atoms with Crippen molar-refractivity contribution in [3.05, 3.63) is 29.2 Å². The van der Waals surface area contributed by atoms with E-state index in [9.17, 15) is 4.79 Å². The summed E-state index contributed by atoms with van der Waals surface area (Å²) in [5, 5.41) is 7.95. The SMILES string of the molecule is Cc1cc(C(=O)N2CCC(CCc3noc(C4CCOCC4)n3)C2)no1. The molecule has 4 heterocycles. The van der Waals surface area contributed by atoms with Crippen molar-refractivity contribution in [2.24, 2.45) is 5.92 Å². The summed E-state index contributed by atoms with van der Waals surface area (Å²) >= 11 is 0. The fourth-order valence-electron chi connectivity index (χ4n) is 3.69. The molecular formula is C18H24N4O4. The molecule has 2 fully saturated rings. The molecule has 0 spiro atoms. The number of amides is 1. The van der Waals surface area contributed by atoms with E-state index in [1.807, 2.05) is 4.90 Å².